The molecule has 3 N–H and O–H groups in total. The lowest BCUT2D eigenvalue weighted by Gasteiger charge is -2.12. The Balaban J connectivity index is 1.64. The van der Waals surface area contributed by atoms with Crippen molar-refractivity contribution < 1.29 is 18.4 Å². The lowest BCUT2D eigenvalue weighted by molar-refractivity contribution is -0.124. The summed E-state index contributed by atoms with van der Waals surface area (Å²) < 4.78 is 30.2. The van der Waals surface area contributed by atoms with Crippen LogP contribution in [0.3, 0.4) is 0 Å². The number of carbonyl (C=O) groups is 1. The topological polar surface area (TPSA) is 126 Å². The van der Waals surface area contributed by atoms with Gasteiger partial charge in [-0.05, 0) is 54.5 Å². The van der Waals surface area contributed by atoms with E-state index in [0.717, 1.165) is 11.6 Å². The molecule has 9 nitrogen and oxygen atoms in total. The molecule has 2 heterocycles. The van der Waals surface area contributed by atoms with Crippen LogP contribution >= 0.6 is 11.6 Å². The quantitative estimate of drug-likeness (QED) is 0.218. The predicted molar refractivity (Wildman–Crippen MR) is 124 cm³/mol. The Bertz CT molecular complexity index is 1500. The number of aryl methyl sites for hydroxylation is 1. The molecule has 0 fully saturated rings. The molecule has 0 radical (unpaired) electrons. The number of nitrogens with zero attached hydrogens (tertiary/aromatic N) is 3. The summed E-state index contributed by atoms with van der Waals surface area (Å²) in [6, 6.07) is 14.8. The van der Waals surface area contributed by atoms with E-state index in [2.05, 4.69) is 14.8 Å². The summed E-state index contributed by atoms with van der Waals surface area (Å²) in [4.78, 5) is 15.7. The van der Waals surface area contributed by atoms with Crippen molar-refractivity contribution in [3.8, 4) is 11.3 Å². The van der Waals surface area contributed by atoms with Crippen molar-refractivity contribution in [2.75, 3.05) is 4.72 Å². The number of sulfonamides is 1. The Hall–Kier alpha value is -3.73. The fourth-order valence-corrected chi connectivity index (χ4v) is 4.41. The zero-order valence-corrected chi connectivity index (χ0v) is 18.8. The molecule has 33 heavy (non-hydrogen) atoms. The highest BCUT2D eigenvalue weighted by molar-refractivity contribution is 7.92. The van der Waals surface area contributed by atoms with Gasteiger partial charge in [0.25, 0.3) is 15.9 Å². The number of hydroxylamine groups is 1. The van der Waals surface area contributed by atoms with Gasteiger partial charge in [0.05, 0.1) is 22.5 Å². The Morgan fingerprint density at radius 2 is 1.97 bits per heavy atom. The van der Waals surface area contributed by atoms with Gasteiger partial charge in [0, 0.05) is 11.6 Å². The first-order valence-electron chi connectivity index (χ1n) is 9.63. The second kappa shape index (κ2) is 9.02. The molecule has 4 aromatic rings. The van der Waals surface area contributed by atoms with Crippen LogP contribution in [0.25, 0.3) is 23.0 Å². The number of anilines is 1. The van der Waals surface area contributed by atoms with E-state index in [1.807, 2.05) is 6.07 Å². The molecule has 0 aliphatic carbocycles. The molecule has 0 aliphatic heterocycles. The zero-order valence-electron chi connectivity index (χ0n) is 17.2. The molecule has 168 valence electrons. The van der Waals surface area contributed by atoms with Crippen LogP contribution in [0, 0.1) is 6.92 Å². The standard InChI is InChI=1S/C22H18ClN5O4S/c1-14-5-7-16(19-13-28-21(24-19)9-8-20(23)25-28)12-18(14)27-33(31,32)17-4-2-3-15(11-17)6-10-22(29)26-30/h2-13,27,30H,1H3,(H,26,29)/b10-6+. The molecule has 0 atom stereocenters. The van der Waals surface area contributed by atoms with Crippen molar-refractivity contribution in [1.29, 1.82) is 0 Å². The largest absolute Gasteiger partial charge is 0.288 e. The Kier molecular flexibility index (Phi) is 6.14. The van der Waals surface area contributed by atoms with Gasteiger partial charge in [0.15, 0.2) is 5.65 Å². The van der Waals surface area contributed by atoms with Crippen LogP contribution in [-0.4, -0.2) is 34.1 Å². The van der Waals surface area contributed by atoms with Crippen molar-refractivity contribution in [3.05, 3.63) is 83.2 Å². The lowest BCUT2D eigenvalue weighted by Crippen LogP contribution is -2.15. The number of carbonyl (C=O) groups excluding carboxylic acids is 1. The van der Waals surface area contributed by atoms with Gasteiger partial charge in [-0.2, -0.15) is 5.10 Å². The zero-order chi connectivity index (χ0) is 23.6. The maximum atomic E-state index is 13.0. The first kappa shape index (κ1) is 22.5. The summed E-state index contributed by atoms with van der Waals surface area (Å²) in [7, 11) is -3.92. The number of fused-ring (bicyclic) bond motifs is 1. The summed E-state index contributed by atoms with van der Waals surface area (Å²) >= 11 is 5.93. The number of nitrogens with one attached hydrogen (secondary N) is 2. The van der Waals surface area contributed by atoms with E-state index in [4.69, 9.17) is 16.8 Å². The highest BCUT2D eigenvalue weighted by Crippen LogP contribution is 2.27. The fraction of sp³-hybridized carbons (Fsp3) is 0.0455. The molecular weight excluding hydrogens is 466 g/mol. The van der Waals surface area contributed by atoms with Gasteiger partial charge < -0.3 is 0 Å². The van der Waals surface area contributed by atoms with Crippen LogP contribution in [-0.2, 0) is 14.8 Å². The SMILES string of the molecule is Cc1ccc(-c2cn3nc(Cl)ccc3n2)cc1NS(=O)(=O)c1cccc(/C=C/C(=O)NO)c1. The van der Waals surface area contributed by atoms with Crippen LogP contribution < -0.4 is 10.2 Å². The van der Waals surface area contributed by atoms with Gasteiger partial charge in [-0.25, -0.2) is 23.4 Å². The molecule has 1 amide bonds. The van der Waals surface area contributed by atoms with Crippen LogP contribution in [0.15, 0.2) is 71.8 Å². The minimum Gasteiger partial charge on any atom is -0.288 e. The Morgan fingerprint density at radius 3 is 2.76 bits per heavy atom. The van der Waals surface area contributed by atoms with E-state index in [0.29, 0.717) is 33.3 Å². The van der Waals surface area contributed by atoms with E-state index in [1.165, 1.54) is 23.7 Å². The fourth-order valence-electron chi connectivity index (χ4n) is 3.09. The van der Waals surface area contributed by atoms with Crippen LogP contribution in [0.4, 0.5) is 5.69 Å². The summed E-state index contributed by atoms with van der Waals surface area (Å²) in [5.74, 6) is -0.724. The first-order chi connectivity index (χ1) is 15.7. The molecule has 2 aromatic heterocycles. The van der Waals surface area contributed by atoms with E-state index >= 15 is 0 Å². The summed E-state index contributed by atoms with van der Waals surface area (Å²) in [6.45, 7) is 1.79. The minimum atomic E-state index is -3.92. The molecule has 0 aliphatic rings. The van der Waals surface area contributed by atoms with Gasteiger partial charge in [0.2, 0.25) is 0 Å². The molecule has 0 unspecified atom stereocenters. The Labute approximate surface area is 194 Å². The maximum absolute atomic E-state index is 13.0. The molecule has 0 saturated carbocycles. The van der Waals surface area contributed by atoms with E-state index in [-0.39, 0.29) is 4.90 Å². The van der Waals surface area contributed by atoms with Gasteiger partial charge in [-0.15, -0.1) is 0 Å². The predicted octanol–water partition coefficient (Wildman–Crippen LogP) is 3.68. The third-order valence-corrected chi connectivity index (χ3v) is 6.34. The maximum Gasteiger partial charge on any atom is 0.267 e. The first-order valence-corrected chi connectivity index (χ1v) is 11.5. The molecule has 0 bridgehead atoms. The van der Waals surface area contributed by atoms with Crippen molar-refractivity contribution in [2.24, 2.45) is 0 Å². The molecule has 4 rings (SSSR count). The average molecular weight is 484 g/mol. The summed E-state index contributed by atoms with van der Waals surface area (Å²) in [6.07, 6.45) is 4.19. The van der Waals surface area contributed by atoms with Gasteiger partial charge in [-0.1, -0.05) is 35.9 Å². The number of imidazole rings is 1. The van der Waals surface area contributed by atoms with Gasteiger partial charge in [-0.3, -0.25) is 14.7 Å². The van der Waals surface area contributed by atoms with Crippen molar-refractivity contribution in [1.82, 2.24) is 20.1 Å². The molecule has 11 heteroatoms. The second-order valence-corrected chi connectivity index (χ2v) is 9.17. The van der Waals surface area contributed by atoms with Crippen molar-refractivity contribution in [2.45, 2.75) is 11.8 Å². The molecule has 2 aromatic carbocycles. The number of aromatic nitrogens is 3. The summed E-state index contributed by atoms with van der Waals surface area (Å²) in [5.41, 5.74) is 4.99. The number of halogens is 1. The molecule has 0 saturated heterocycles. The number of hydrogen-bond donors (Lipinski definition) is 3. The van der Waals surface area contributed by atoms with Crippen LogP contribution in [0.2, 0.25) is 5.15 Å². The monoisotopic (exact) mass is 483 g/mol. The number of amides is 1. The third-order valence-electron chi connectivity index (χ3n) is 4.77. The lowest BCUT2D eigenvalue weighted by atomic mass is 10.1. The number of hydrogen-bond acceptors (Lipinski definition) is 6. The third kappa shape index (κ3) is 5.03. The van der Waals surface area contributed by atoms with Crippen LogP contribution in [0.5, 0.6) is 0 Å². The van der Waals surface area contributed by atoms with Gasteiger partial charge in [0.1, 0.15) is 5.15 Å². The van der Waals surface area contributed by atoms with Crippen LogP contribution in [0.1, 0.15) is 11.1 Å². The van der Waals surface area contributed by atoms with E-state index in [9.17, 15) is 13.2 Å². The van der Waals surface area contributed by atoms with E-state index < -0.39 is 15.9 Å². The van der Waals surface area contributed by atoms with Crippen molar-refractivity contribution >= 4 is 44.9 Å². The normalized spacial score (nSPS) is 11.7. The Morgan fingerprint density at radius 1 is 1.15 bits per heavy atom. The number of rotatable bonds is 6. The second-order valence-electron chi connectivity index (χ2n) is 7.10. The highest BCUT2D eigenvalue weighted by Gasteiger charge is 2.17. The smallest absolute Gasteiger partial charge is 0.267 e. The minimum absolute atomic E-state index is 0.0189. The van der Waals surface area contributed by atoms with E-state index in [1.54, 1.807) is 54.0 Å². The summed E-state index contributed by atoms with van der Waals surface area (Å²) in [5, 5.41) is 13.1. The molecule has 0 spiro atoms. The molecular formula is C22H18ClN5O4S. The van der Waals surface area contributed by atoms with Gasteiger partial charge >= 0.3 is 0 Å². The number of benzene rings is 2. The average Bonchev–Trinajstić information content (AvgIpc) is 3.22. The van der Waals surface area contributed by atoms with Crippen molar-refractivity contribution in [3.63, 3.8) is 0 Å². The highest BCUT2D eigenvalue weighted by atomic mass is 35.5.